The van der Waals surface area contributed by atoms with Gasteiger partial charge in [-0.25, -0.2) is 4.98 Å². The Labute approximate surface area is 154 Å². The fraction of sp³-hybridized carbons (Fsp3) is 0.579. The maximum absolute atomic E-state index is 12.3. The van der Waals surface area contributed by atoms with Gasteiger partial charge in [0.05, 0.1) is 18.2 Å². The topological polar surface area (TPSA) is 96.1 Å². The molecule has 2 fully saturated rings. The summed E-state index contributed by atoms with van der Waals surface area (Å²) in [5.41, 5.74) is 0.559. The van der Waals surface area contributed by atoms with Crippen molar-refractivity contribution >= 4 is 11.7 Å². The lowest BCUT2D eigenvalue weighted by molar-refractivity contribution is -0.130. The Morgan fingerprint density at radius 2 is 2.23 bits per heavy atom. The first kappa shape index (κ1) is 18.2. The number of rotatable bonds is 5. The molecule has 1 aliphatic heterocycles. The van der Waals surface area contributed by atoms with Crippen LogP contribution in [-0.2, 0) is 4.79 Å². The minimum Gasteiger partial charge on any atom is -0.357 e. The van der Waals surface area contributed by atoms with E-state index in [0.717, 1.165) is 37.9 Å². The number of nitrogens with one attached hydrogen (secondary N) is 1. The molecule has 0 spiro atoms. The van der Waals surface area contributed by atoms with E-state index in [9.17, 15) is 4.79 Å². The van der Waals surface area contributed by atoms with Crippen LogP contribution in [0.25, 0.3) is 0 Å². The van der Waals surface area contributed by atoms with Crippen LogP contribution >= 0.6 is 0 Å². The molecular formula is C19H24N6O. The van der Waals surface area contributed by atoms with Crippen molar-refractivity contribution in [2.75, 3.05) is 25.0 Å². The number of anilines is 1. The molecule has 3 rings (SSSR count). The second kappa shape index (κ2) is 8.16. The molecule has 136 valence electrons. The molecule has 3 unspecified atom stereocenters. The summed E-state index contributed by atoms with van der Waals surface area (Å²) in [6.07, 6.45) is 6.30. The zero-order valence-electron chi connectivity index (χ0n) is 15.1. The number of nitrogens with zero attached hydrogens (tertiary/aromatic N) is 5. The second-order valence-electron chi connectivity index (χ2n) is 7.05. The molecule has 1 aromatic heterocycles. The van der Waals surface area contributed by atoms with Crippen LogP contribution in [0.3, 0.4) is 0 Å². The lowest BCUT2D eigenvalue weighted by Gasteiger charge is -2.26. The van der Waals surface area contributed by atoms with E-state index in [1.165, 1.54) is 0 Å². The highest BCUT2D eigenvalue weighted by molar-refractivity contribution is 5.79. The molecule has 2 heterocycles. The summed E-state index contributed by atoms with van der Waals surface area (Å²) in [6, 6.07) is 8.36. The fourth-order valence-corrected chi connectivity index (χ4v) is 3.88. The van der Waals surface area contributed by atoms with Gasteiger partial charge in [0.1, 0.15) is 17.9 Å². The highest BCUT2D eigenvalue weighted by atomic mass is 16.2. The number of aromatic nitrogens is 1. The molecular weight excluding hydrogens is 328 g/mol. The number of carbonyl (C=O) groups is 1. The van der Waals surface area contributed by atoms with Crippen LogP contribution in [0.1, 0.15) is 37.7 Å². The maximum Gasteiger partial charge on any atom is 0.237 e. The van der Waals surface area contributed by atoms with Gasteiger partial charge in [-0.05, 0) is 44.2 Å². The quantitative estimate of drug-likeness (QED) is 0.861. The van der Waals surface area contributed by atoms with E-state index in [4.69, 9.17) is 10.5 Å². The van der Waals surface area contributed by atoms with Gasteiger partial charge in [-0.2, -0.15) is 10.5 Å². The summed E-state index contributed by atoms with van der Waals surface area (Å²) in [4.78, 5) is 20.5. The molecule has 0 bridgehead atoms. The van der Waals surface area contributed by atoms with Crippen LogP contribution in [-0.4, -0.2) is 54.1 Å². The van der Waals surface area contributed by atoms with Gasteiger partial charge < -0.3 is 15.1 Å². The number of hydrogen-bond donors (Lipinski definition) is 1. The van der Waals surface area contributed by atoms with Gasteiger partial charge in [0.25, 0.3) is 0 Å². The van der Waals surface area contributed by atoms with Crippen LogP contribution < -0.4 is 10.2 Å². The molecule has 0 radical (unpaired) electrons. The first-order valence-electron chi connectivity index (χ1n) is 9.14. The van der Waals surface area contributed by atoms with Gasteiger partial charge in [0.15, 0.2) is 0 Å². The van der Waals surface area contributed by atoms with Crippen LogP contribution in [0.5, 0.6) is 0 Å². The van der Waals surface area contributed by atoms with E-state index in [2.05, 4.69) is 27.3 Å². The Hall–Kier alpha value is -2.64. The number of pyridine rings is 1. The third-order valence-corrected chi connectivity index (χ3v) is 5.46. The summed E-state index contributed by atoms with van der Waals surface area (Å²) >= 11 is 0. The molecule has 3 atom stereocenters. The average molecular weight is 352 g/mol. The number of amides is 1. The monoisotopic (exact) mass is 352 g/mol. The Morgan fingerprint density at radius 3 is 2.92 bits per heavy atom. The number of likely N-dealkylation sites (tertiary alicyclic amines) is 1. The van der Waals surface area contributed by atoms with Gasteiger partial charge in [0.2, 0.25) is 5.91 Å². The van der Waals surface area contributed by atoms with Crippen molar-refractivity contribution in [3.63, 3.8) is 0 Å². The summed E-state index contributed by atoms with van der Waals surface area (Å²) in [6.45, 7) is 0.994. The van der Waals surface area contributed by atoms with Crippen LogP contribution in [0.2, 0.25) is 0 Å². The van der Waals surface area contributed by atoms with Crippen molar-refractivity contribution in [2.45, 2.75) is 50.2 Å². The van der Waals surface area contributed by atoms with Crippen LogP contribution in [0.4, 0.5) is 5.82 Å². The minimum atomic E-state index is -0.255. The Morgan fingerprint density at radius 1 is 1.38 bits per heavy atom. The van der Waals surface area contributed by atoms with Gasteiger partial charge in [-0.3, -0.25) is 4.79 Å². The highest BCUT2D eigenvalue weighted by Crippen LogP contribution is 2.26. The summed E-state index contributed by atoms with van der Waals surface area (Å²) < 4.78 is 0. The van der Waals surface area contributed by atoms with Crippen molar-refractivity contribution in [1.29, 1.82) is 10.5 Å². The summed E-state index contributed by atoms with van der Waals surface area (Å²) in [7, 11) is 2.02. The molecule has 1 N–H and O–H groups in total. The zero-order chi connectivity index (χ0) is 18.5. The normalized spacial score (nSPS) is 24.9. The maximum atomic E-state index is 12.3. The van der Waals surface area contributed by atoms with E-state index in [-0.39, 0.29) is 11.9 Å². The molecule has 1 saturated carbocycles. The van der Waals surface area contributed by atoms with Crippen LogP contribution in [0, 0.1) is 22.7 Å². The number of carbonyl (C=O) groups excluding carboxylic acids is 1. The van der Waals surface area contributed by atoms with E-state index in [0.29, 0.717) is 30.7 Å². The minimum absolute atomic E-state index is 0.0274. The molecule has 1 saturated heterocycles. The summed E-state index contributed by atoms with van der Waals surface area (Å²) in [5, 5.41) is 21.3. The van der Waals surface area contributed by atoms with E-state index >= 15 is 0 Å². The Bertz CT molecular complexity index is 719. The van der Waals surface area contributed by atoms with Gasteiger partial charge in [0, 0.05) is 31.9 Å². The van der Waals surface area contributed by atoms with Crippen molar-refractivity contribution in [1.82, 2.24) is 15.2 Å². The predicted octanol–water partition coefficient (Wildman–Crippen LogP) is 1.41. The second-order valence-corrected chi connectivity index (χ2v) is 7.05. The molecule has 7 nitrogen and oxygen atoms in total. The zero-order valence-corrected chi connectivity index (χ0v) is 15.1. The van der Waals surface area contributed by atoms with Gasteiger partial charge >= 0.3 is 0 Å². The first-order chi connectivity index (χ1) is 12.6. The highest BCUT2D eigenvalue weighted by Gasteiger charge is 2.31. The molecule has 2 aliphatic rings. The van der Waals surface area contributed by atoms with E-state index in [1.54, 1.807) is 17.2 Å². The van der Waals surface area contributed by atoms with Crippen LogP contribution in [0.15, 0.2) is 18.3 Å². The van der Waals surface area contributed by atoms with Crippen molar-refractivity contribution in [3.05, 3.63) is 23.9 Å². The largest absolute Gasteiger partial charge is 0.357 e. The fourth-order valence-electron chi connectivity index (χ4n) is 3.88. The molecule has 26 heavy (non-hydrogen) atoms. The third kappa shape index (κ3) is 3.95. The van der Waals surface area contributed by atoms with Gasteiger partial charge in [-0.15, -0.1) is 0 Å². The molecule has 1 amide bonds. The Kier molecular flexibility index (Phi) is 5.70. The van der Waals surface area contributed by atoms with E-state index in [1.807, 2.05) is 13.1 Å². The van der Waals surface area contributed by atoms with Gasteiger partial charge in [-0.1, -0.05) is 0 Å². The smallest absolute Gasteiger partial charge is 0.237 e. The van der Waals surface area contributed by atoms with Crippen molar-refractivity contribution < 1.29 is 4.79 Å². The number of nitriles is 2. The van der Waals surface area contributed by atoms with Crippen molar-refractivity contribution in [2.24, 2.45) is 0 Å². The SMILES string of the molecule is CN(c1ccc(C#N)cn1)C1CCC(NCC(=O)N2CCCC2C#N)C1. The molecule has 7 heteroatoms. The van der Waals surface area contributed by atoms with Crippen molar-refractivity contribution in [3.8, 4) is 12.1 Å². The molecule has 0 aromatic carbocycles. The van der Waals surface area contributed by atoms with E-state index < -0.39 is 0 Å². The predicted molar refractivity (Wildman–Crippen MR) is 97.1 cm³/mol. The lowest BCUT2D eigenvalue weighted by Crippen LogP contribution is -2.43. The average Bonchev–Trinajstić information content (AvgIpc) is 3.34. The Balaban J connectivity index is 1.48. The number of hydrogen-bond acceptors (Lipinski definition) is 6. The molecule has 1 aromatic rings. The first-order valence-corrected chi connectivity index (χ1v) is 9.14. The summed E-state index contributed by atoms with van der Waals surface area (Å²) in [5.74, 6) is 0.888. The standard InChI is InChI=1S/C19H24N6O/c1-24(18-7-4-14(10-20)12-23-18)16-6-5-15(9-16)22-13-19(26)25-8-2-3-17(25)11-21/h4,7,12,15-17,22H,2-3,5-6,8-9,13H2,1H3. The lowest BCUT2D eigenvalue weighted by atomic mass is 10.2. The molecule has 1 aliphatic carbocycles. The third-order valence-electron chi connectivity index (χ3n) is 5.46.